The zero-order valence-electron chi connectivity index (χ0n) is 13.7. The van der Waals surface area contributed by atoms with Crippen LogP contribution in [0.1, 0.15) is 5.56 Å². The van der Waals surface area contributed by atoms with Crippen LogP contribution < -0.4 is 5.32 Å². The maximum absolute atomic E-state index is 12.0. The van der Waals surface area contributed by atoms with Gasteiger partial charge in [0.2, 0.25) is 0 Å². The second-order valence-electron chi connectivity index (χ2n) is 5.62. The fourth-order valence-electron chi connectivity index (χ4n) is 2.35. The summed E-state index contributed by atoms with van der Waals surface area (Å²) in [6, 6.07) is 20.1. The summed E-state index contributed by atoms with van der Waals surface area (Å²) in [4.78, 5) is 18.1. The van der Waals surface area contributed by atoms with E-state index in [1.54, 1.807) is 19.0 Å². The molecule has 4 nitrogen and oxygen atoms in total. The number of para-hydroxylation sites is 2. The number of hydrogen-bond donors (Lipinski definition) is 1. The van der Waals surface area contributed by atoms with Gasteiger partial charge in [-0.2, -0.15) is 0 Å². The molecule has 0 aliphatic rings. The molecule has 0 saturated carbocycles. The number of thioether (sulfide) groups is 1. The fourth-order valence-corrected chi connectivity index (χ4v) is 3.06. The second kappa shape index (κ2) is 7.36. The van der Waals surface area contributed by atoms with Gasteiger partial charge in [-0.25, -0.2) is 4.98 Å². The first-order valence-electron chi connectivity index (χ1n) is 7.70. The van der Waals surface area contributed by atoms with Gasteiger partial charge in [-0.1, -0.05) is 36.4 Å². The number of nitrogens with zero attached hydrogens (tertiary/aromatic N) is 2. The quantitative estimate of drug-likeness (QED) is 0.706. The molecular formula is C19H19N3OS. The van der Waals surface area contributed by atoms with Crippen LogP contribution in [0.25, 0.3) is 10.9 Å². The van der Waals surface area contributed by atoms with Gasteiger partial charge in [0.15, 0.2) is 0 Å². The molecule has 0 saturated heterocycles. The van der Waals surface area contributed by atoms with Crippen LogP contribution in [-0.4, -0.2) is 29.2 Å². The lowest BCUT2D eigenvalue weighted by atomic mass is 10.1. The first kappa shape index (κ1) is 16.3. The highest BCUT2D eigenvalue weighted by molar-refractivity contribution is 8.13. The molecule has 3 aromatic rings. The maximum Gasteiger partial charge on any atom is 0.287 e. The van der Waals surface area contributed by atoms with Gasteiger partial charge in [-0.05, 0) is 41.6 Å². The molecule has 0 radical (unpaired) electrons. The molecule has 0 aliphatic carbocycles. The van der Waals surface area contributed by atoms with Gasteiger partial charge < -0.3 is 10.2 Å². The van der Waals surface area contributed by atoms with Gasteiger partial charge in [0.1, 0.15) is 5.03 Å². The molecule has 5 heteroatoms. The third-order valence-corrected chi connectivity index (χ3v) is 4.55. The minimum Gasteiger partial charge on any atom is -0.381 e. The molecule has 1 aromatic heterocycles. The van der Waals surface area contributed by atoms with E-state index < -0.39 is 0 Å². The van der Waals surface area contributed by atoms with E-state index >= 15 is 0 Å². The van der Waals surface area contributed by atoms with Crippen molar-refractivity contribution in [1.82, 2.24) is 9.88 Å². The summed E-state index contributed by atoms with van der Waals surface area (Å²) in [5.74, 6) is 0. The Balaban J connectivity index is 1.91. The van der Waals surface area contributed by atoms with E-state index in [-0.39, 0.29) is 5.24 Å². The van der Waals surface area contributed by atoms with Crippen molar-refractivity contribution >= 4 is 33.6 Å². The van der Waals surface area contributed by atoms with Crippen molar-refractivity contribution in [1.29, 1.82) is 0 Å². The topological polar surface area (TPSA) is 45.2 Å². The van der Waals surface area contributed by atoms with Gasteiger partial charge in [0.05, 0.1) is 5.52 Å². The molecule has 24 heavy (non-hydrogen) atoms. The Kier molecular flexibility index (Phi) is 5.01. The number of carbonyl (C=O) groups excluding carboxylic acids is 1. The Hall–Kier alpha value is -2.53. The van der Waals surface area contributed by atoms with Crippen molar-refractivity contribution < 1.29 is 4.79 Å². The third kappa shape index (κ3) is 3.86. The van der Waals surface area contributed by atoms with Crippen LogP contribution in [0.3, 0.4) is 0 Å². The van der Waals surface area contributed by atoms with E-state index in [1.165, 1.54) is 0 Å². The molecule has 1 heterocycles. The summed E-state index contributed by atoms with van der Waals surface area (Å²) in [7, 11) is 3.49. The fraction of sp³-hybridized carbons (Fsp3) is 0.158. The summed E-state index contributed by atoms with van der Waals surface area (Å²) in [5.41, 5.74) is 3.09. The number of hydrogen-bond acceptors (Lipinski definition) is 4. The number of fused-ring (bicyclic) bond motifs is 1. The molecule has 0 fully saturated rings. The lowest BCUT2D eigenvalue weighted by Gasteiger charge is -2.13. The average Bonchev–Trinajstić information content (AvgIpc) is 2.60. The van der Waals surface area contributed by atoms with Crippen molar-refractivity contribution in [3.63, 3.8) is 0 Å². The van der Waals surface area contributed by atoms with Gasteiger partial charge >= 0.3 is 0 Å². The highest BCUT2D eigenvalue weighted by Crippen LogP contribution is 2.26. The molecule has 122 valence electrons. The predicted octanol–water partition coefficient (Wildman–Crippen LogP) is 4.62. The number of nitrogens with one attached hydrogen (secondary N) is 1. The standard InChI is InChI=1S/C19H19N3OS/c1-22(2)19(23)24-18-12-14(13-20-15-8-4-3-5-9-15)16-10-6-7-11-17(16)21-18/h3-12,20H,13H2,1-2H3. The van der Waals surface area contributed by atoms with E-state index in [0.29, 0.717) is 6.54 Å². The van der Waals surface area contributed by atoms with Crippen molar-refractivity contribution in [2.24, 2.45) is 0 Å². The summed E-state index contributed by atoms with van der Waals surface area (Å²) in [6.45, 7) is 0.677. The Labute approximate surface area is 145 Å². The van der Waals surface area contributed by atoms with Crippen molar-refractivity contribution in [2.45, 2.75) is 11.6 Å². The van der Waals surface area contributed by atoms with Gasteiger partial charge in [0.25, 0.3) is 5.24 Å². The molecule has 1 amide bonds. The average molecular weight is 337 g/mol. The molecule has 0 spiro atoms. The molecule has 3 rings (SSSR count). The van der Waals surface area contributed by atoms with Crippen molar-refractivity contribution in [3.05, 3.63) is 66.2 Å². The number of pyridine rings is 1. The molecule has 0 aliphatic heterocycles. The molecule has 2 aromatic carbocycles. The van der Waals surface area contributed by atoms with Crippen LogP contribution in [0.5, 0.6) is 0 Å². The highest BCUT2D eigenvalue weighted by Gasteiger charge is 2.11. The first-order valence-corrected chi connectivity index (χ1v) is 8.52. The molecule has 0 unspecified atom stereocenters. The number of anilines is 1. The van der Waals surface area contributed by atoms with Crippen LogP contribution in [0.15, 0.2) is 65.7 Å². The molecular weight excluding hydrogens is 318 g/mol. The third-order valence-electron chi connectivity index (χ3n) is 3.59. The summed E-state index contributed by atoms with van der Waals surface area (Å²) in [5, 5.41) is 5.22. The summed E-state index contributed by atoms with van der Waals surface area (Å²) < 4.78 is 0. The van der Waals surface area contributed by atoms with Crippen LogP contribution in [0, 0.1) is 0 Å². The van der Waals surface area contributed by atoms with E-state index in [4.69, 9.17) is 0 Å². The Bertz CT molecular complexity index is 850. The van der Waals surface area contributed by atoms with Crippen LogP contribution in [0.2, 0.25) is 0 Å². The molecule has 0 bridgehead atoms. The van der Waals surface area contributed by atoms with Gasteiger partial charge in [0, 0.05) is 31.7 Å². The molecule has 0 atom stereocenters. The van der Waals surface area contributed by atoms with E-state index in [2.05, 4.69) is 16.4 Å². The normalized spacial score (nSPS) is 10.6. The predicted molar refractivity (Wildman–Crippen MR) is 100 cm³/mol. The highest BCUT2D eigenvalue weighted by atomic mass is 32.2. The van der Waals surface area contributed by atoms with Crippen molar-refractivity contribution in [2.75, 3.05) is 19.4 Å². The minimum absolute atomic E-state index is 0.0280. The van der Waals surface area contributed by atoms with Gasteiger partial charge in [-0.3, -0.25) is 4.79 Å². The van der Waals surface area contributed by atoms with Crippen molar-refractivity contribution in [3.8, 4) is 0 Å². The number of carbonyl (C=O) groups is 1. The van der Waals surface area contributed by atoms with Crippen LogP contribution >= 0.6 is 11.8 Å². The zero-order chi connectivity index (χ0) is 16.9. The lowest BCUT2D eigenvalue weighted by Crippen LogP contribution is -2.16. The minimum atomic E-state index is -0.0280. The lowest BCUT2D eigenvalue weighted by molar-refractivity contribution is 0.241. The van der Waals surface area contributed by atoms with E-state index in [0.717, 1.165) is 38.9 Å². The summed E-state index contributed by atoms with van der Waals surface area (Å²) >= 11 is 1.15. The SMILES string of the molecule is CN(C)C(=O)Sc1cc(CNc2ccccc2)c2ccccc2n1. The van der Waals surface area contributed by atoms with E-state index in [1.807, 2.05) is 54.6 Å². The first-order chi connectivity index (χ1) is 11.6. The Morgan fingerprint density at radius 1 is 1.08 bits per heavy atom. The van der Waals surface area contributed by atoms with Crippen LogP contribution in [-0.2, 0) is 6.54 Å². The second-order valence-corrected chi connectivity index (χ2v) is 6.59. The molecule has 1 N–H and O–H groups in total. The van der Waals surface area contributed by atoms with Gasteiger partial charge in [-0.15, -0.1) is 0 Å². The number of amides is 1. The van der Waals surface area contributed by atoms with Crippen LogP contribution in [0.4, 0.5) is 10.5 Å². The smallest absolute Gasteiger partial charge is 0.287 e. The number of aromatic nitrogens is 1. The van der Waals surface area contributed by atoms with E-state index in [9.17, 15) is 4.79 Å². The Morgan fingerprint density at radius 3 is 2.54 bits per heavy atom. The zero-order valence-corrected chi connectivity index (χ0v) is 14.5. The number of benzene rings is 2. The maximum atomic E-state index is 12.0. The number of rotatable bonds is 4. The largest absolute Gasteiger partial charge is 0.381 e. The Morgan fingerprint density at radius 2 is 1.79 bits per heavy atom. The monoisotopic (exact) mass is 337 g/mol. The summed E-state index contributed by atoms with van der Waals surface area (Å²) in [6.07, 6.45) is 0.